The maximum atomic E-state index is 12.8. The number of alkyl halides is 2. The Kier molecular flexibility index (Phi) is 4.07. The minimum Gasteiger partial charge on any atom is -0.480 e. The summed E-state index contributed by atoms with van der Waals surface area (Å²) in [6.45, 7) is 1.87. The Labute approximate surface area is 117 Å². The number of carboxylic acids is 1. The van der Waals surface area contributed by atoms with Crippen molar-refractivity contribution in [2.75, 3.05) is 12.3 Å². The number of rotatable bonds is 4. The van der Waals surface area contributed by atoms with Crippen LogP contribution in [0.5, 0.6) is 0 Å². The molecule has 0 aromatic carbocycles. The molecule has 1 saturated heterocycles. The standard InChI is InChI=1S/C12H19F2NO4S/c1-8-3-2-4-15(10(8)11(16)17)20(18,19)7-9-5-12(13,14)6-9/h8-10H,2-7H2,1H3,(H,16,17). The summed E-state index contributed by atoms with van der Waals surface area (Å²) < 4.78 is 51.1. The van der Waals surface area contributed by atoms with E-state index in [2.05, 4.69) is 0 Å². The first-order chi connectivity index (χ1) is 9.12. The van der Waals surface area contributed by atoms with E-state index in [0.717, 1.165) is 4.31 Å². The maximum Gasteiger partial charge on any atom is 0.322 e. The largest absolute Gasteiger partial charge is 0.480 e. The minimum absolute atomic E-state index is 0.159. The minimum atomic E-state index is -3.80. The Balaban J connectivity index is 2.09. The Morgan fingerprint density at radius 3 is 2.50 bits per heavy atom. The molecule has 2 unspecified atom stereocenters. The number of nitrogens with zero attached hydrogens (tertiary/aromatic N) is 1. The molecule has 0 aromatic rings. The molecule has 2 aliphatic rings. The number of piperidine rings is 1. The molecule has 8 heteroatoms. The smallest absolute Gasteiger partial charge is 0.322 e. The molecule has 0 aromatic heterocycles. The van der Waals surface area contributed by atoms with E-state index in [4.69, 9.17) is 0 Å². The number of carbonyl (C=O) groups is 1. The first-order valence-electron chi connectivity index (χ1n) is 6.72. The molecule has 5 nitrogen and oxygen atoms in total. The molecule has 1 saturated carbocycles. The fourth-order valence-corrected chi connectivity index (χ4v) is 5.20. The predicted octanol–water partition coefficient (Wildman–Crippen LogP) is 1.55. The van der Waals surface area contributed by atoms with E-state index in [-0.39, 0.29) is 18.2 Å². The van der Waals surface area contributed by atoms with Crippen LogP contribution in [0.2, 0.25) is 0 Å². The zero-order valence-electron chi connectivity index (χ0n) is 11.3. The van der Waals surface area contributed by atoms with Crippen LogP contribution in [0.15, 0.2) is 0 Å². The van der Waals surface area contributed by atoms with Gasteiger partial charge in [-0.3, -0.25) is 4.79 Å². The molecule has 0 bridgehead atoms. The van der Waals surface area contributed by atoms with E-state index >= 15 is 0 Å². The highest BCUT2D eigenvalue weighted by Crippen LogP contribution is 2.43. The number of sulfonamides is 1. The van der Waals surface area contributed by atoms with E-state index in [1.807, 2.05) is 0 Å². The molecule has 116 valence electrons. The molecular weight excluding hydrogens is 292 g/mol. The second-order valence-corrected chi connectivity index (χ2v) is 7.89. The van der Waals surface area contributed by atoms with Crippen LogP contribution < -0.4 is 0 Å². The monoisotopic (exact) mass is 311 g/mol. The van der Waals surface area contributed by atoms with E-state index in [0.29, 0.717) is 12.8 Å². The van der Waals surface area contributed by atoms with Crippen molar-refractivity contribution in [3.8, 4) is 0 Å². The lowest BCUT2D eigenvalue weighted by Crippen LogP contribution is -2.54. The molecule has 2 atom stereocenters. The van der Waals surface area contributed by atoms with Crippen molar-refractivity contribution < 1.29 is 27.1 Å². The van der Waals surface area contributed by atoms with Crippen molar-refractivity contribution in [2.24, 2.45) is 11.8 Å². The zero-order valence-corrected chi connectivity index (χ0v) is 12.1. The maximum absolute atomic E-state index is 12.8. The summed E-state index contributed by atoms with van der Waals surface area (Å²) in [5.41, 5.74) is 0. The lowest BCUT2D eigenvalue weighted by atomic mass is 9.83. The van der Waals surface area contributed by atoms with Crippen molar-refractivity contribution in [3.63, 3.8) is 0 Å². The topological polar surface area (TPSA) is 74.7 Å². The summed E-state index contributed by atoms with van der Waals surface area (Å²) in [4.78, 5) is 11.3. The molecular formula is C12H19F2NO4S. The average molecular weight is 311 g/mol. The normalized spacial score (nSPS) is 31.8. The van der Waals surface area contributed by atoms with Gasteiger partial charge >= 0.3 is 5.97 Å². The van der Waals surface area contributed by atoms with Gasteiger partial charge in [-0.1, -0.05) is 6.92 Å². The SMILES string of the molecule is CC1CCCN(S(=O)(=O)CC2CC(F)(F)C2)C1C(=O)O. The van der Waals surface area contributed by atoms with Gasteiger partial charge in [0.2, 0.25) is 15.9 Å². The van der Waals surface area contributed by atoms with E-state index < -0.39 is 46.7 Å². The van der Waals surface area contributed by atoms with E-state index in [1.54, 1.807) is 6.92 Å². The lowest BCUT2D eigenvalue weighted by Gasteiger charge is -2.39. The molecule has 1 aliphatic heterocycles. The summed E-state index contributed by atoms with van der Waals surface area (Å²) >= 11 is 0. The molecule has 1 heterocycles. The zero-order chi connectivity index (χ0) is 15.1. The van der Waals surface area contributed by atoms with Crippen LogP contribution in [0.3, 0.4) is 0 Å². The van der Waals surface area contributed by atoms with E-state index in [1.165, 1.54) is 0 Å². The van der Waals surface area contributed by atoms with Gasteiger partial charge in [0.25, 0.3) is 0 Å². The number of aliphatic carboxylic acids is 1. The van der Waals surface area contributed by atoms with Crippen molar-refractivity contribution in [3.05, 3.63) is 0 Å². The summed E-state index contributed by atoms with van der Waals surface area (Å²) in [6.07, 6.45) is 0.413. The third-order valence-corrected chi connectivity index (χ3v) is 6.14. The molecule has 2 fully saturated rings. The average Bonchev–Trinajstić information content (AvgIpc) is 2.25. The predicted molar refractivity (Wildman–Crippen MR) is 68.0 cm³/mol. The van der Waals surface area contributed by atoms with Gasteiger partial charge in [-0.05, 0) is 24.7 Å². The van der Waals surface area contributed by atoms with Crippen LogP contribution in [0, 0.1) is 11.8 Å². The quantitative estimate of drug-likeness (QED) is 0.855. The van der Waals surface area contributed by atoms with Crippen LogP contribution in [0.1, 0.15) is 32.6 Å². The number of hydrogen-bond donors (Lipinski definition) is 1. The highest BCUT2D eigenvalue weighted by molar-refractivity contribution is 7.89. The van der Waals surface area contributed by atoms with Crippen LogP contribution in [-0.4, -0.2) is 48.1 Å². The third-order valence-electron chi connectivity index (χ3n) is 4.12. The molecule has 1 aliphatic carbocycles. The summed E-state index contributed by atoms with van der Waals surface area (Å²) in [5.74, 6) is -5.14. The number of hydrogen-bond acceptors (Lipinski definition) is 3. The van der Waals surface area contributed by atoms with Gasteiger partial charge in [0.05, 0.1) is 5.75 Å². The summed E-state index contributed by atoms with van der Waals surface area (Å²) in [7, 11) is -3.80. The molecule has 0 radical (unpaired) electrons. The van der Waals surface area contributed by atoms with Crippen molar-refractivity contribution in [2.45, 2.75) is 44.6 Å². The first-order valence-corrected chi connectivity index (χ1v) is 8.33. The first kappa shape index (κ1) is 15.6. The fourth-order valence-electron chi connectivity index (χ4n) is 3.12. The van der Waals surface area contributed by atoms with Gasteiger partial charge in [0, 0.05) is 19.4 Å². The molecule has 1 N–H and O–H groups in total. The van der Waals surface area contributed by atoms with Gasteiger partial charge in [0.15, 0.2) is 0 Å². The van der Waals surface area contributed by atoms with Crippen LogP contribution in [0.4, 0.5) is 8.78 Å². The summed E-state index contributed by atoms with van der Waals surface area (Å²) in [6, 6.07) is -1.07. The number of halogens is 2. The van der Waals surface area contributed by atoms with Crippen molar-refractivity contribution >= 4 is 16.0 Å². The van der Waals surface area contributed by atoms with E-state index in [9.17, 15) is 27.1 Å². The number of carboxylic acid groups (broad SMARTS) is 1. The van der Waals surface area contributed by atoms with Gasteiger partial charge < -0.3 is 5.11 Å². The molecule has 0 spiro atoms. The summed E-state index contributed by atoms with van der Waals surface area (Å²) in [5, 5.41) is 9.20. The third kappa shape index (κ3) is 3.11. The Bertz CT molecular complexity index is 486. The van der Waals surface area contributed by atoms with Gasteiger partial charge in [0.1, 0.15) is 6.04 Å². The van der Waals surface area contributed by atoms with Gasteiger partial charge in [-0.2, -0.15) is 4.31 Å². The highest BCUT2D eigenvalue weighted by Gasteiger charge is 2.49. The highest BCUT2D eigenvalue weighted by atomic mass is 32.2. The van der Waals surface area contributed by atoms with Gasteiger partial charge in [-0.25, -0.2) is 17.2 Å². The molecule has 2 rings (SSSR count). The van der Waals surface area contributed by atoms with Crippen LogP contribution in [0.25, 0.3) is 0 Å². The second kappa shape index (κ2) is 5.22. The lowest BCUT2D eigenvalue weighted by molar-refractivity contribution is -0.144. The molecule has 0 amide bonds. The van der Waals surface area contributed by atoms with Crippen molar-refractivity contribution in [1.29, 1.82) is 0 Å². The van der Waals surface area contributed by atoms with Crippen molar-refractivity contribution in [1.82, 2.24) is 4.31 Å². The Morgan fingerprint density at radius 2 is 2.00 bits per heavy atom. The second-order valence-electron chi connectivity index (χ2n) is 5.92. The fraction of sp³-hybridized carbons (Fsp3) is 0.917. The van der Waals surface area contributed by atoms with Crippen LogP contribution in [-0.2, 0) is 14.8 Å². The van der Waals surface area contributed by atoms with Crippen LogP contribution >= 0.6 is 0 Å². The Hall–Kier alpha value is -0.760. The molecule has 20 heavy (non-hydrogen) atoms. The Morgan fingerprint density at radius 1 is 1.40 bits per heavy atom. The van der Waals surface area contributed by atoms with Gasteiger partial charge in [-0.15, -0.1) is 0 Å².